The molecule has 0 atom stereocenters. The molecule has 0 unspecified atom stereocenters. The lowest BCUT2D eigenvalue weighted by Crippen LogP contribution is -2.39. The van der Waals surface area contributed by atoms with E-state index in [9.17, 15) is 39.9 Å². The summed E-state index contributed by atoms with van der Waals surface area (Å²) in [5, 5.41) is 3.92. The maximum absolute atomic E-state index is 13.2. The molecule has 0 aliphatic heterocycles. The molecule has 2 N–H and O–H groups in total. The van der Waals surface area contributed by atoms with E-state index in [1.807, 2.05) is 0 Å². The van der Waals surface area contributed by atoms with Crippen molar-refractivity contribution in [2.75, 3.05) is 6.54 Å². The molecule has 28 heavy (non-hydrogen) atoms. The quantitative estimate of drug-likeness (QED) is 0.591. The van der Waals surface area contributed by atoms with Crippen molar-refractivity contribution in [3.63, 3.8) is 0 Å². The largest absolute Gasteiger partial charge is 0.455 e. The minimum atomic E-state index is -5.85. The van der Waals surface area contributed by atoms with Crippen LogP contribution in [0.5, 0.6) is 0 Å². The van der Waals surface area contributed by atoms with Crippen molar-refractivity contribution in [3.05, 3.63) is 32.7 Å². The van der Waals surface area contributed by atoms with Crippen LogP contribution in [0.1, 0.15) is 16.3 Å². The average Bonchev–Trinajstić information content (AvgIpc) is 2.90. The second-order valence-corrected chi connectivity index (χ2v) is 6.43. The van der Waals surface area contributed by atoms with Crippen LogP contribution < -0.4 is 11.3 Å². The summed E-state index contributed by atoms with van der Waals surface area (Å²) < 4.78 is 102. The van der Waals surface area contributed by atoms with E-state index in [2.05, 4.69) is 15.1 Å². The molecule has 0 saturated heterocycles. The van der Waals surface area contributed by atoms with Gasteiger partial charge in [-0.15, -0.1) is 0 Å². The van der Waals surface area contributed by atoms with Gasteiger partial charge in [0, 0.05) is 11.9 Å². The van der Waals surface area contributed by atoms with Crippen LogP contribution in [0, 0.1) is 6.92 Å². The van der Waals surface area contributed by atoms with E-state index in [0.29, 0.717) is 28.1 Å². The van der Waals surface area contributed by atoms with Gasteiger partial charge in [-0.05, 0) is 13.0 Å². The molecule has 15 heteroatoms. The number of nitrogens with zero attached hydrogens (tertiary/aromatic N) is 4. The summed E-state index contributed by atoms with van der Waals surface area (Å²) in [4.78, 5) is 18.0. The van der Waals surface area contributed by atoms with Crippen LogP contribution in [0.2, 0.25) is 0 Å². The summed E-state index contributed by atoms with van der Waals surface area (Å²) in [6.45, 7) is -0.591. The lowest BCUT2D eigenvalue weighted by Gasteiger charge is -2.16. The maximum Gasteiger partial charge on any atom is 0.455 e. The molecule has 0 bridgehead atoms. The molecule has 2 aromatic rings. The fraction of sp³-hybridized carbons (Fsp3) is 0.385. The fourth-order valence-corrected chi connectivity index (χ4v) is 2.61. The topological polar surface area (TPSA) is 85.6 Å². The van der Waals surface area contributed by atoms with E-state index >= 15 is 0 Å². The van der Waals surface area contributed by atoms with Crippen molar-refractivity contribution < 1.29 is 35.1 Å². The zero-order valence-electron chi connectivity index (χ0n) is 13.6. The number of halogens is 8. The third kappa shape index (κ3) is 4.28. The highest BCUT2D eigenvalue weighted by Crippen LogP contribution is 2.35. The number of rotatable bonds is 4. The smallest absolute Gasteiger partial charge is 0.398 e. The predicted octanol–water partition coefficient (Wildman–Crippen LogP) is 3.05. The third-order valence-corrected chi connectivity index (χ3v) is 3.96. The molecule has 154 valence electrons. The molecule has 0 aliphatic rings. The molecule has 0 radical (unpaired) electrons. The molecule has 0 fully saturated rings. The Kier molecular flexibility index (Phi) is 5.51. The van der Waals surface area contributed by atoms with Crippen molar-refractivity contribution in [2.45, 2.75) is 25.2 Å². The van der Waals surface area contributed by atoms with Crippen LogP contribution >= 0.6 is 11.3 Å². The van der Waals surface area contributed by atoms with Crippen molar-refractivity contribution >= 4 is 28.2 Å². The first kappa shape index (κ1) is 21.7. The summed E-state index contributed by atoms with van der Waals surface area (Å²) in [6.07, 6.45) is -10.1. The average molecular weight is 435 g/mol. The van der Waals surface area contributed by atoms with Crippen LogP contribution in [0.15, 0.2) is 15.9 Å². The van der Waals surface area contributed by atoms with E-state index in [1.54, 1.807) is 0 Å². The van der Waals surface area contributed by atoms with Crippen LogP contribution in [-0.2, 0) is 6.18 Å². The first-order valence-corrected chi connectivity index (χ1v) is 7.85. The van der Waals surface area contributed by atoms with Gasteiger partial charge in [-0.3, -0.25) is 9.79 Å². The lowest BCUT2D eigenvalue weighted by atomic mass is 10.1. The highest BCUT2D eigenvalue weighted by Gasteiger charge is 2.57. The Morgan fingerprint density at radius 1 is 1.21 bits per heavy atom. The molecule has 0 amide bonds. The van der Waals surface area contributed by atoms with Crippen LogP contribution in [0.4, 0.5) is 35.1 Å². The van der Waals surface area contributed by atoms with Crippen LogP contribution in [-0.4, -0.2) is 39.5 Å². The van der Waals surface area contributed by atoms with Crippen LogP contribution in [0.25, 0.3) is 10.7 Å². The van der Waals surface area contributed by atoms with Crippen molar-refractivity contribution in [1.82, 2.24) is 14.6 Å². The van der Waals surface area contributed by atoms with E-state index in [1.165, 1.54) is 6.92 Å². The number of aliphatic imine (C=N–C) groups is 1. The summed E-state index contributed by atoms with van der Waals surface area (Å²) >= 11 is 0.708. The highest BCUT2D eigenvalue weighted by molar-refractivity contribution is 7.16. The monoisotopic (exact) mass is 435 g/mol. The summed E-state index contributed by atoms with van der Waals surface area (Å²) in [6, 6.07) is 0. The minimum absolute atomic E-state index is 0.230. The Morgan fingerprint density at radius 3 is 2.36 bits per heavy atom. The SMILES string of the molecule is Cc1nn2c(=O)c(C(N)=CC=NCC(F)(F)C(F)(F)F)c(C(F)(F)F)nc2s1. The van der Waals surface area contributed by atoms with Gasteiger partial charge in [0.1, 0.15) is 11.6 Å². The number of aromatic nitrogens is 3. The normalized spacial score (nSPS) is 14.4. The molecule has 2 aromatic heterocycles. The van der Waals surface area contributed by atoms with Gasteiger partial charge in [-0.25, -0.2) is 4.98 Å². The molecular formula is C13H9F8N5OS. The Morgan fingerprint density at radius 2 is 1.82 bits per heavy atom. The Bertz CT molecular complexity index is 1000. The zero-order chi connectivity index (χ0) is 21.5. The molecule has 0 spiro atoms. The van der Waals surface area contributed by atoms with Gasteiger partial charge in [-0.2, -0.15) is 44.7 Å². The van der Waals surface area contributed by atoms with E-state index < -0.39 is 47.3 Å². The first-order chi connectivity index (χ1) is 12.6. The maximum atomic E-state index is 13.2. The minimum Gasteiger partial charge on any atom is -0.398 e. The number of fused-ring (bicyclic) bond motifs is 1. The van der Waals surface area contributed by atoms with Gasteiger partial charge in [-0.1, -0.05) is 11.3 Å². The number of allylic oxidation sites excluding steroid dienone is 1. The van der Waals surface area contributed by atoms with E-state index in [-0.39, 0.29) is 9.97 Å². The van der Waals surface area contributed by atoms with Gasteiger partial charge in [0.15, 0.2) is 5.69 Å². The Labute approximate surface area is 154 Å². The van der Waals surface area contributed by atoms with Gasteiger partial charge < -0.3 is 5.73 Å². The fourth-order valence-electron chi connectivity index (χ4n) is 1.88. The number of nitrogens with two attached hydrogens (primary N) is 1. The van der Waals surface area contributed by atoms with Crippen molar-refractivity contribution in [2.24, 2.45) is 10.7 Å². The molecule has 0 aliphatic carbocycles. The van der Waals surface area contributed by atoms with E-state index in [0.717, 1.165) is 0 Å². The van der Waals surface area contributed by atoms with E-state index in [4.69, 9.17) is 5.73 Å². The standard InChI is InChI=1S/C13H9F8N5OS/c1-5-25-26-9(27)7(8(12(16,17)18)24-10(26)28-5)6(22)2-3-23-4-11(14,15)13(19,20)21/h2-3H,4,22H2,1H3. The molecule has 0 saturated carbocycles. The second-order valence-electron chi connectivity index (χ2n) is 5.27. The number of alkyl halides is 8. The van der Waals surface area contributed by atoms with Crippen LogP contribution in [0.3, 0.4) is 0 Å². The van der Waals surface area contributed by atoms with Crippen molar-refractivity contribution in [1.29, 1.82) is 0 Å². The third-order valence-electron chi connectivity index (χ3n) is 3.13. The predicted molar refractivity (Wildman–Crippen MR) is 83.4 cm³/mol. The number of hydrogen-bond acceptors (Lipinski definition) is 6. The van der Waals surface area contributed by atoms with Gasteiger partial charge in [0.05, 0.1) is 5.56 Å². The Balaban J connectivity index is 2.48. The molecule has 6 nitrogen and oxygen atoms in total. The van der Waals surface area contributed by atoms with Gasteiger partial charge in [0.25, 0.3) is 5.56 Å². The van der Waals surface area contributed by atoms with Crippen molar-refractivity contribution in [3.8, 4) is 0 Å². The molecule has 2 heterocycles. The first-order valence-electron chi connectivity index (χ1n) is 7.03. The number of hydrogen-bond donors (Lipinski definition) is 1. The second kappa shape index (κ2) is 7.10. The lowest BCUT2D eigenvalue weighted by molar-refractivity contribution is -0.276. The van der Waals surface area contributed by atoms with Gasteiger partial charge >= 0.3 is 18.3 Å². The zero-order valence-corrected chi connectivity index (χ0v) is 14.4. The summed E-state index contributed by atoms with van der Waals surface area (Å²) in [7, 11) is 0. The molecular weight excluding hydrogens is 426 g/mol. The summed E-state index contributed by atoms with van der Waals surface area (Å²) in [5.74, 6) is -5.14. The molecule has 2 rings (SSSR count). The van der Waals surface area contributed by atoms with Gasteiger partial charge in [0.2, 0.25) is 4.96 Å². The highest BCUT2D eigenvalue weighted by atomic mass is 32.1. The molecule has 0 aromatic carbocycles. The summed E-state index contributed by atoms with van der Waals surface area (Å²) in [5.41, 5.74) is 0.452. The number of aryl methyl sites for hydroxylation is 1. The Hall–Kier alpha value is -2.58.